The van der Waals surface area contributed by atoms with Crippen molar-refractivity contribution in [2.45, 2.75) is 13.1 Å². The lowest BCUT2D eigenvalue weighted by Gasteiger charge is -2.21. The largest absolute Gasteiger partial charge is 0.506 e. The fourth-order valence-electron chi connectivity index (χ4n) is 3.21. The van der Waals surface area contributed by atoms with E-state index in [0.29, 0.717) is 32.7 Å². The van der Waals surface area contributed by atoms with Gasteiger partial charge in [-0.3, -0.25) is 0 Å². The number of phenols is 1. The molecule has 2 heterocycles. The second-order valence-electron chi connectivity index (χ2n) is 6.72. The van der Waals surface area contributed by atoms with E-state index in [1.165, 1.54) is 28.8 Å². The van der Waals surface area contributed by atoms with Crippen molar-refractivity contribution in [2.24, 2.45) is 0 Å². The van der Waals surface area contributed by atoms with Crippen LogP contribution in [0.4, 0.5) is 0 Å². The molecule has 2 aromatic carbocycles. The molecule has 150 valence electrons. The number of aromatic nitrogens is 2. The third kappa shape index (κ3) is 3.45. The van der Waals surface area contributed by atoms with Gasteiger partial charge in [0.05, 0.1) is 28.5 Å². The van der Waals surface area contributed by atoms with Crippen LogP contribution in [0.3, 0.4) is 0 Å². The summed E-state index contributed by atoms with van der Waals surface area (Å²) in [6.45, 7) is 0.275. The lowest BCUT2D eigenvalue weighted by Crippen LogP contribution is -2.36. The second kappa shape index (κ2) is 7.20. The molecule has 1 aliphatic rings. The van der Waals surface area contributed by atoms with E-state index in [1.54, 1.807) is 28.9 Å². The van der Waals surface area contributed by atoms with Crippen LogP contribution in [0.25, 0.3) is 16.9 Å². The molecule has 0 spiro atoms. The number of hydrogen-bond acceptors (Lipinski definition) is 4. The maximum Gasteiger partial charge on any atom is 0.282 e. The quantitative estimate of drug-likeness (QED) is 0.661. The minimum Gasteiger partial charge on any atom is -0.506 e. The van der Waals surface area contributed by atoms with E-state index in [9.17, 15) is 13.5 Å². The van der Waals surface area contributed by atoms with Gasteiger partial charge in [0.2, 0.25) is 0 Å². The summed E-state index contributed by atoms with van der Waals surface area (Å²) in [4.78, 5) is 0. The summed E-state index contributed by atoms with van der Waals surface area (Å²) in [5, 5.41) is 15.8. The summed E-state index contributed by atoms with van der Waals surface area (Å²) >= 11 is 11.9. The van der Waals surface area contributed by atoms with Crippen LogP contribution in [0, 0.1) is 12.1 Å². The summed E-state index contributed by atoms with van der Waals surface area (Å²) in [5.41, 5.74) is 2.99. The number of hydrogen-bond donors (Lipinski definition) is 1. The van der Waals surface area contributed by atoms with Crippen LogP contribution in [0.2, 0.25) is 10.0 Å². The van der Waals surface area contributed by atoms with Gasteiger partial charge < -0.3 is 5.11 Å². The summed E-state index contributed by atoms with van der Waals surface area (Å²) in [7, 11) is -0.626. The van der Waals surface area contributed by atoms with Gasteiger partial charge in [0.15, 0.2) is 0 Å². The molecule has 0 saturated heterocycles. The summed E-state index contributed by atoms with van der Waals surface area (Å²) in [6, 6.07) is 13.9. The van der Waals surface area contributed by atoms with E-state index in [0.717, 1.165) is 5.56 Å². The standard InChI is InChI=1S/C19H16Cl2N4O3S/c1-23(2)29(27,28)24-10-15-16(11-24)22-25(17-8-7-14(21)9-18(17)26)19(15)12-3-5-13(20)6-4-12/h3,5,7-9,26H,10-11H2,1-2H3. The number of halogens is 2. The number of rotatable bonds is 4. The molecule has 3 aromatic rings. The Balaban J connectivity index is 1.89. The van der Waals surface area contributed by atoms with Gasteiger partial charge in [-0.25, -0.2) is 4.68 Å². The third-order valence-electron chi connectivity index (χ3n) is 4.65. The Morgan fingerprint density at radius 1 is 1.14 bits per heavy atom. The Labute approximate surface area is 178 Å². The third-order valence-corrected chi connectivity index (χ3v) is 6.94. The molecular weight excluding hydrogens is 435 g/mol. The molecule has 4 rings (SSSR count). The first-order valence-corrected chi connectivity index (χ1v) is 10.7. The minimum atomic E-state index is -3.60. The van der Waals surface area contributed by atoms with Crippen molar-refractivity contribution in [1.29, 1.82) is 0 Å². The molecule has 0 unspecified atom stereocenters. The van der Waals surface area contributed by atoms with E-state index < -0.39 is 10.2 Å². The Kier molecular flexibility index (Phi) is 4.97. The molecule has 0 radical (unpaired) electrons. The summed E-state index contributed by atoms with van der Waals surface area (Å²) < 4.78 is 29.2. The van der Waals surface area contributed by atoms with Crippen molar-refractivity contribution in [3.8, 4) is 22.7 Å². The molecule has 7 nitrogen and oxygen atoms in total. The summed E-state index contributed by atoms with van der Waals surface area (Å²) in [6.07, 6.45) is 0. The molecule has 0 atom stereocenters. The SMILES string of the molecule is CN(C)S(=O)(=O)N1Cc2nn(-c3ccc(Cl)cc3O)c(-c3c#cc(Cl)cc3)c2C1. The van der Waals surface area contributed by atoms with Gasteiger partial charge in [0, 0.05) is 37.3 Å². The molecule has 0 aliphatic carbocycles. The first-order chi connectivity index (χ1) is 13.7. The lowest BCUT2D eigenvalue weighted by atomic mass is 10.1. The fraction of sp³-hybridized carbons (Fsp3) is 0.211. The van der Waals surface area contributed by atoms with Gasteiger partial charge >= 0.3 is 0 Å². The number of aromatic hydroxyl groups is 1. The van der Waals surface area contributed by atoms with Crippen LogP contribution in [0.5, 0.6) is 5.75 Å². The van der Waals surface area contributed by atoms with Crippen molar-refractivity contribution in [2.75, 3.05) is 14.1 Å². The highest BCUT2D eigenvalue weighted by Gasteiger charge is 2.36. The van der Waals surface area contributed by atoms with Crippen molar-refractivity contribution in [3.05, 3.63) is 63.8 Å². The number of nitrogens with zero attached hydrogens (tertiary/aromatic N) is 4. The molecule has 0 bridgehead atoms. The molecule has 29 heavy (non-hydrogen) atoms. The molecule has 10 heteroatoms. The van der Waals surface area contributed by atoms with Gasteiger partial charge in [-0.2, -0.15) is 22.1 Å². The van der Waals surface area contributed by atoms with E-state index in [2.05, 4.69) is 17.2 Å². The normalized spacial score (nSPS) is 14.2. The van der Waals surface area contributed by atoms with Gasteiger partial charge in [0.1, 0.15) is 11.4 Å². The Morgan fingerprint density at radius 3 is 2.52 bits per heavy atom. The topological polar surface area (TPSA) is 78.7 Å². The average Bonchev–Trinajstić information content (AvgIpc) is 3.21. The van der Waals surface area contributed by atoms with Gasteiger partial charge in [-0.1, -0.05) is 29.3 Å². The van der Waals surface area contributed by atoms with Crippen LogP contribution in [-0.4, -0.2) is 46.0 Å². The minimum absolute atomic E-state index is 0.0457. The van der Waals surface area contributed by atoms with E-state index >= 15 is 0 Å². The maximum atomic E-state index is 12.6. The molecule has 0 saturated carbocycles. The summed E-state index contributed by atoms with van der Waals surface area (Å²) in [5.74, 6) is -0.0457. The average molecular weight is 451 g/mol. The van der Waals surface area contributed by atoms with Crippen LogP contribution < -0.4 is 0 Å². The van der Waals surface area contributed by atoms with Crippen molar-refractivity contribution < 1.29 is 13.5 Å². The zero-order chi connectivity index (χ0) is 20.9. The van der Waals surface area contributed by atoms with Crippen LogP contribution in [0.1, 0.15) is 11.3 Å². The molecule has 1 aromatic heterocycles. The first-order valence-electron chi connectivity index (χ1n) is 8.55. The molecule has 1 aliphatic heterocycles. The number of phenolic OH excluding ortho intramolecular Hbond substituents is 1. The zero-order valence-corrected chi connectivity index (χ0v) is 17.8. The smallest absolute Gasteiger partial charge is 0.282 e. The highest BCUT2D eigenvalue weighted by atomic mass is 35.5. The van der Waals surface area contributed by atoms with Crippen molar-refractivity contribution in [3.63, 3.8) is 0 Å². The van der Waals surface area contributed by atoms with Crippen LogP contribution in [-0.2, 0) is 23.3 Å². The van der Waals surface area contributed by atoms with Crippen molar-refractivity contribution in [1.82, 2.24) is 18.4 Å². The molecule has 1 N–H and O–H groups in total. The second-order valence-corrected chi connectivity index (χ2v) is 9.71. The zero-order valence-electron chi connectivity index (χ0n) is 15.5. The maximum absolute atomic E-state index is 12.6. The highest BCUT2D eigenvalue weighted by molar-refractivity contribution is 7.86. The monoisotopic (exact) mass is 450 g/mol. The Morgan fingerprint density at radius 2 is 1.90 bits per heavy atom. The number of benzene rings is 1. The molecule has 0 amide bonds. The number of fused-ring (bicyclic) bond motifs is 1. The molecule has 0 fully saturated rings. The van der Waals surface area contributed by atoms with Gasteiger partial charge in [0.25, 0.3) is 10.2 Å². The predicted octanol–water partition coefficient (Wildman–Crippen LogP) is 3.27. The van der Waals surface area contributed by atoms with Gasteiger partial charge in [-0.05, 0) is 30.3 Å². The van der Waals surface area contributed by atoms with E-state index in [1.807, 2.05) is 0 Å². The Hall–Kier alpha value is -2.28. The lowest BCUT2D eigenvalue weighted by molar-refractivity contribution is 0.384. The van der Waals surface area contributed by atoms with Crippen LogP contribution >= 0.6 is 23.2 Å². The van der Waals surface area contributed by atoms with Crippen molar-refractivity contribution >= 4 is 33.4 Å². The van der Waals surface area contributed by atoms with Gasteiger partial charge in [-0.15, -0.1) is 0 Å². The Bertz CT molecular complexity index is 1190. The first kappa shape index (κ1) is 20.0. The van der Waals surface area contributed by atoms with E-state index in [4.69, 9.17) is 23.2 Å². The van der Waals surface area contributed by atoms with Crippen LogP contribution in [0.15, 0.2) is 30.3 Å². The molecular formula is C19H16Cl2N4O3S. The highest BCUT2D eigenvalue weighted by Crippen LogP contribution is 2.37. The predicted molar refractivity (Wildman–Crippen MR) is 110 cm³/mol. The van der Waals surface area contributed by atoms with E-state index in [-0.39, 0.29) is 18.8 Å². The fourth-order valence-corrected chi connectivity index (χ4v) is 4.53.